The van der Waals surface area contributed by atoms with Crippen LogP contribution in [0.15, 0.2) is 24.3 Å². The number of hydrogen-bond acceptors (Lipinski definition) is 0. The zero-order valence-electron chi connectivity index (χ0n) is 10.3. The fourth-order valence-electron chi connectivity index (χ4n) is 0.607. The Hall–Kier alpha value is -0.771. The van der Waals surface area contributed by atoms with Crippen LogP contribution in [0.2, 0.25) is 0 Å². The van der Waals surface area contributed by atoms with E-state index in [4.69, 9.17) is 14.0 Å². The fraction of sp³-hybridized carbons (Fsp3) is 0.200. The first-order chi connectivity index (χ1) is 8.84. The molecule has 1 aliphatic carbocycles. The monoisotopic (exact) mass is 378 g/mol. The minimum atomic E-state index is -10.7. The van der Waals surface area contributed by atoms with Gasteiger partial charge in [-0.1, -0.05) is 31.2 Å². The molecule has 0 fully saturated rings. The molecule has 0 amide bonds. The van der Waals surface area contributed by atoms with Crippen LogP contribution < -0.4 is 0 Å². The standard InChI is InChI=1S/C7H9.3CO.F6P.Fe/c1-7-5-3-2-4-6-7;3*1-2;1-7(2,3,4,5)6;/h2-7H,1H3;;;;;/q;;;;-1;. The molecular weight excluding hydrogens is 369 g/mol. The molecule has 0 aromatic carbocycles. The Kier molecular flexibility index (Phi) is 19.9. The van der Waals surface area contributed by atoms with Crippen molar-refractivity contribution in [3.63, 3.8) is 0 Å². The zero-order valence-corrected chi connectivity index (χ0v) is 12.3. The third-order valence-corrected chi connectivity index (χ3v) is 1.05. The number of hydrogen-bond donors (Lipinski definition) is 0. The molecule has 1 rings (SSSR count). The van der Waals surface area contributed by atoms with Crippen molar-refractivity contribution in [2.75, 3.05) is 0 Å². The second-order valence-corrected chi connectivity index (χ2v) is 4.70. The van der Waals surface area contributed by atoms with Crippen LogP contribution in [0.3, 0.4) is 0 Å². The third-order valence-electron chi connectivity index (χ3n) is 1.05. The smallest absolute Gasteiger partial charge is 0 e. The maximum atomic E-state index is 9.87. The number of allylic oxidation sites excluding steroid dienone is 4. The molecule has 0 saturated heterocycles. The molecule has 0 spiro atoms. The van der Waals surface area contributed by atoms with Crippen LogP contribution in [0.1, 0.15) is 6.92 Å². The minimum Gasteiger partial charge on any atom is 0 e. The quantitative estimate of drug-likeness (QED) is 0.183. The van der Waals surface area contributed by atoms with Crippen molar-refractivity contribution in [1.29, 1.82) is 0 Å². The molecule has 3 nitrogen and oxygen atoms in total. The van der Waals surface area contributed by atoms with Crippen LogP contribution >= 0.6 is 7.81 Å². The first kappa shape index (κ1) is 32.3. The molecule has 0 aromatic heterocycles. The molecule has 0 unspecified atom stereocenters. The van der Waals surface area contributed by atoms with Crippen LogP contribution in [-0.4, -0.2) is 0 Å². The molecule has 11 heteroatoms. The summed E-state index contributed by atoms with van der Waals surface area (Å²) in [5, 5.41) is 0. The summed E-state index contributed by atoms with van der Waals surface area (Å²) in [6.07, 6.45) is 10.5. The maximum absolute atomic E-state index is 10.7. The molecule has 0 N–H and O–H groups in total. The Morgan fingerprint density at radius 1 is 0.762 bits per heavy atom. The summed E-state index contributed by atoms with van der Waals surface area (Å²) in [4.78, 5) is 0. The summed E-state index contributed by atoms with van der Waals surface area (Å²) in [6, 6.07) is 0. The van der Waals surface area contributed by atoms with E-state index in [9.17, 15) is 25.2 Å². The summed E-state index contributed by atoms with van der Waals surface area (Å²) in [5.41, 5.74) is 0. The van der Waals surface area contributed by atoms with Crippen LogP contribution in [-0.2, 0) is 31.0 Å². The second-order valence-electron chi connectivity index (χ2n) is 2.78. The van der Waals surface area contributed by atoms with Gasteiger partial charge in [-0.15, -0.1) is 0 Å². The Morgan fingerprint density at radius 2 is 1.05 bits per heavy atom. The molecular formula is C10H9F6FeO3P-. The molecule has 1 aliphatic rings. The average molecular weight is 378 g/mol. The summed E-state index contributed by atoms with van der Waals surface area (Å²) in [7, 11) is -10.7. The van der Waals surface area contributed by atoms with E-state index in [0.717, 1.165) is 0 Å². The van der Waals surface area contributed by atoms with Gasteiger partial charge in [0.2, 0.25) is 0 Å². The molecule has 123 valence electrons. The van der Waals surface area contributed by atoms with Crippen molar-refractivity contribution in [1.82, 2.24) is 0 Å². The van der Waals surface area contributed by atoms with Gasteiger partial charge in [0.15, 0.2) is 0 Å². The van der Waals surface area contributed by atoms with Gasteiger partial charge in [0.05, 0.1) is 0 Å². The van der Waals surface area contributed by atoms with Gasteiger partial charge in [0.1, 0.15) is 0 Å². The summed E-state index contributed by atoms with van der Waals surface area (Å²) in [6.45, 7) is 15.7. The number of halogens is 6. The van der Waals surface area contributed by atoms with Gasteiger partial charge in [-0.2, -0.15) is 0 Å². The van der Waals surface area contributed by atoms with Crippen LogP contribution in [0, 0.1) is 32.3 Å². The normalized spacial score (nSPS) is 17.5. The van der Waals surface area contributed by atoms with Crippen molar-refractivity contribution < 1.29 is 56.2 Å². The van der Waals surface area contributed by atoms with E-state index in [2.05, 4.69) is 51.5 Å². The molecule has 0 saturated carbocycles. The Bertz CT molecular complexity index is 342. The van der Waals surface area contributed by atoms with Crippen molar-refractivity contribution in [3.8, 4) is 0 Å². The van der Waals surface area contributed by atoms with Gasteiger partial charge in [-0.25, -0.2) is 0 Å². The van der Waals surface area contributed by atoms with Gasteiger partial charge in [-0.3, -0.25) is 0 Å². The SMILES string of the molecule is C[C@H]1[CH]C=CC=C1.F[P-](F)(F)(F)(F)F.[C-]#[O+].[C-]#[O+].[C-]#[O+].[Fe]. The average Bonchev–Trinajstić information content (AvgIpc) is 2.34. The van der Waals surface area contributed by atoms with E-state index in [0.29, 0.717) is 5.92 Å². The molecule has 0 bridgehead atoms. The fourth-order valence-corrected chi connectivity index (χ4v) is 0.607. The predicted octanol–water partition coefficient (Wildman–Crippen LogP) is 5.22. The van der Waals surface area contributed by atoms with Gasteiger partial charge in [0.25, 0.3) is 0 Å². The molecule has 0 heterocycles. The van der Waals surface area contributed by atoms with Crippen LogP contribution in [0.4, 0.5) is 25.2 Å². The molecule has 0 aromatic rings. The Labute approximate surface area is 128 Å². The summed E-state index contributed by atoms with van der Waals surface area (Å²) in [5.74, 6) is 0.644. The molecule has 21 heavy (non-hydrogen) atoms. The number of rotatable bonds is 0. The van der Waals surface area contributed by atoms with Crippen molar-refractivity contribution >= 4 is 7.81 Å². The molecule has 1 radical (unpaired) electrons. The topological polar surface area (TPSA) is 59.7 Å². The zero-order chi connectivity index (χ0) is 17.5. The largest absolute Gasteiger partial charge is 0 e. The third kappa shape index (κ3) is 109. The van der Waals surface area contributed by atoms with Crippen LogP contribution in [0.25, 0.3) is 0 Å². The Morgan fingerprint density at radius 3 is 1.14 bits per heavy atom. The van der Waals surface area contributed by atoms with Gasteiger partial charge >= 0.3 is 66.9 Å². The van der Waals surface area contributed by atoms with Gasteiger partial charge in [-0.05, 0) is 12.3 Å². The molecule has 1 atom stereocenters. The van der Waals surface area contributed by atoms with Crippen molar-refractivity contribution in [3.05, 3.63) is 50.7 Å². The van der Waals surface area contributed by atoms with E-state index in [1.54, 1.807) is 0 Å². The van der Waals surface area contributed by atoms with Crippen LogP contribution in [0.5, 0.6) is 0 Å². The van der Waals surface area contributed by atoms with Gasteiger partial charge in [0, 0.05) is 17.1 Å². The van der Waals surface area contributed by atoms with E-state index < -0.39 is 7.81 Å². The van der Waals surface area contributed by atoms with E-state index in [-0.39, 0.29) is 17.1 Å². The Balaban J connectivity index is -0.0000000579. The van der Waals surface area contributed by atoms with E-state index in [1.807, 2.05) is 6.08 Å². The first-order valence-corrected chi connectivity index (χ1v) is 6.23. The van der Waals surface area contributed by atoms with E-state index in [1.165, 1.54) is 0 Å². The van der Waals surface area contributed by atoms with Gasteiger partial charge < -0.3 is 0 Å². The second kappa shape index (κ2) is 12.9. The molecule has 0 aliphatic heterocycles. The first-order valence-electron chi connectivity index (χ1n) is 4.20. The van der Waals surface area contributed by atoms with E-state index >= 15 is 0 Å². The maximum Gasteiger partial charge on any atom is 0 e. The summed E-state index contributed by atoms with van der Waals surface area (Å²) >= 11 is 0. The predicted molar refractivity (Wildman–Crippen MR) is 57.1 cm³/mol. The van der Waals surface area contributed by atoms with Crippen molar-refractivity contribution in [2.24, 2.45) is 5.92 Å². The minimum absolute atomic E-state index is 0. The summed E-state index contributed by atoms with van der Waals surface area (Å²) < 4.78 is 81.7. The van der Waals surface area contributed by atoms with Crippen molar-refractivity contribution in [2.45, 2.75) is 6.92 Å².